The second-order valence-corrected chi connectivity index (χ2v) is 5.10. The van der Waals surface area contributed by atoms with Crippen LogP contribution in [0.25, 0.3) is 0 Å². The number of halogens is 1. The van der Waals surface area contributed by atoms with E-state index in [-0.39, 0.29) is 23.0 Å². The van der Waals surface area contributed by atoms with E-state index in [4.69, 9.17) is 22.7 Å². The molecule has 21 heavy (non-hydrogen) atoms. The number of thiocarbonyl (C=S) groups is 1. The minimum Gasteiger partial charge on any atom is -0.389 e. The van der Waals surface area contributed by atoms with Gasteiger partial charge >= 0.3 is 0 Å². The lowest BCUT2D eigenvalue weighted by molar-refractivity contribution is -0.122. The van der Waals surface area contributed by atoms with E-state index in [1.165, 1.54) is 0 Å². The number of methoxy groups -OCH3 is 1. The van der Waals surface area contributed by atoms with Crippen LogP contribution in [0.15, 0.2) is 18.2 Å². The lowest BCUT2D eigenvalue weighted by Gasteiger charge is -2.17. The van der Waals surface area contributed by atoms with Crippen molar-refractivity contribution in [2.24, 2.45) is 5.73 Å². The molecule has 1 aromatic carbocycles. The number of carbonyl (C=O) groups excluding carboxylic acids is 1. The molecule has 0 unspecified atom stereocenters. The van der Waals surface area contributed by atoms with E-state index in [0.29, 0.717) is 25.3 Å². The molecule has 0 saturated carbocycles. The van der Waals surface area contributed by atoms with Gasteiger partial charge in [-0.1, -0.05) is 24.4 Å². The number of likely N-dealkylation sites (N-methyl/N-ethyl adjacent to an activating group) is 1. The van der Waals surface area contributed by atoms with Crippen LogP contribution in [0.3, 0.4) is 0 Å². The number of rotatable bonds is 8. The summed E-state index contributed by atoms with van der Waals surface area (Å²) in [5.74, 6) is -0.572. The first-order valence-electron chi connectivity index (χ1n) is 6.47. The number of nitrogens with zero attached hydrogens (tertiary/aromatic N) is 1. The molecule has 1 aromatic rings. The molecule has 0 aliphatic rings. The van der Waals surface area contributed by atoms with Crippen LogP contribution >= 0.6 is 12.2 Å². The van der Waals surface area contributed by atoms with E-state index in [9.17, 15) is 9.18 Å². The number of nitrogens with one attached hydrogen (secondary N) is 1. The quantitative estimate of drug-likeness (QED) is 0.545. The zero-order chi connectivity index (χ0) is 15.8. The summed E-state index contributed by atoms with van der Waals surface area (Å²) in [6.07, 6.45) is 0. The molecule has 3 N–H and O–H groups in total. The van der Waals surface area contributed by atoms with Gasteiger partial charge in [0, 0.05) is 31.3 Å². The van der Waals surface area contributed by atoms with Crippen molar-refractivity contribution >= 4 is 23.1 Å². The van der Waals surface area contributed by atoms with Crippen LogP contribution in [0.1, 0.15) is 11.1 Å². The number of hydrogen-bond donors (Lipinski definition) is 2. The zero-order valence-corrected chi connectivity index (χ0v) is 13.0. The molecule has 116 valence electrons. The van der Waals surface area contributed by atoms with Gasteiger partial charge in [-0.2, -0.15) is 0 Å². The third-order valence-corrected chi connectivity index (χ3v) is 3.05. The molecule has 7 heteroatoms. The molecule has 0 radical (unpaired) electrons. The van der Waals surface area contributed by atoms with Crippen molar-refractivity contribution < 1.29 is 13.9 Å². The van der Waals surface area contributed by atoms with E-state index in [1.54, 1.807) is 37.3 Å². The van der Waals surface area contributed by atoms with E-state index >= 15 is 0 Å². The first-order valence-corrected chi connectivity index (χ1v) is 6.88. The summed E-state index contributed by atoms with van der Waals surface area (Å²) in [6.45, 7) is 1.37. The SMILES string of the molecule is COCCNC(=O)CN(C)Cc1cccc(C(N)=S)c1F. The summed E-state index contributed by atoms with van der Waals surface area (Å²) in [5.41, 5.74) is 6.14. The monoisotopic (exact) mass is 313 g/mol. The van der Waals surface area contributed by atoms with Crippen LogP contribution < -0.4 is 11.1 Å². The molecule has 0 saturated heterocycles. The van der Waals surface area contributed by atoms with Crippen molar-refractivity contribution in [3.63, 3.8) is 0 Å². The highest BCUT2D eigenvalue weighted by atomic mass is 32.1. The van der Waals surface area contributed by atoms with Crippen LogP contribution in [0, 0.1) is 5.82 Å². The molecule has 0 aliphatic heterocycles. The smallest absolute Gasteiger partial charge is 0.234 e. The number of carbonyl (C=O) groups is 1. The molecule has 1 rings (SSSR count). The predicted octanol–water partition coefficient (Wildman–Crippen LogP) is 0.654. The molecule has 0 bridgehead atoms. The van der Waals surface area contributed by atoms with E-state index in [2.05, 4.69) is 5.32 Å². The Balaban J connectivity index is 2.59. The topological polar surface area (TPSA) is 67.6 Å². The molecule has 1 amide bonds. The largest absolute Gasteiger partial charge is 0.389 e. The van der Waals surface area contributed by atoms with Gasteiger partial charge in [0.25, 0.3) is 0 Å². The van der Waals surface area contributed by atoms with E-state index < -0.39 is 5.82 Å². The van der Waals surface area contributed by atoms with Crippen molar-refractivity contribution in [3.8, 4) is 0 Å². The van der Waals surface area contributed by atoms with Crippen LogP contribution in [0.5, 0.6) is 0 Å². The number of hydrogen-bond acceptors (Lipinski definition) is 4. The number of benzene rings is 1. The number of ether oxygens (including phenoxy) is 1. The normalized spacial score (nSPS) is 10.7. The minimum absolute atomic E-state index is 0.0225. The second-order valence-electron chi connectivity index (χ2n) is 4.66. The Morgan fingerprint density at radius 1 is 1.52 bits per heavy atom. The van der Waals surface area contributed by atoms with Crippen molar-refractivity contribution in [2.45, 2.75) is 6.54 Å². The van der Waals surface area contributed by atoms with Crippen LogP contribution in [-0.2, 0) is 16.1 Å². The standard InChI is InChI=1S/C14H20FN3O2S/c1-18(9-12(19)17-6-7-20-2)8-10-4-3-5-11(13(10)15)14(16)21/h3-5H,6-9H2,1-2H3,(H2,16,21)(H,17,19). The Morgan fingerprint density at radius 3 is 2.86 bits per heavy atom. The lowest BCUT2D eigenvalue weighted by Crippen LogP contribution is -2.36. The predicted molar refractivity (Wildman–Crippen MR) is 83.5 cm³/mol. The highest BCUT2D eigenvalue weighted by Crippen LogP contribution is 2.14. The van der Waals surface area contributed by atoms with Crippen molar-refractivity contribution in [3.05, 3.63) is 35.1 Å². The van der Waals surface area contributed by atoms with Crippen LogP contribution in [0.4, 0.5) is 4.39 Å². The van der Waals surface area contributed by atoms with Crippen molar-refractivity contribution in [1.29, 1.82) is 0 Å². The first-order chi connectivity index (χ1) is 9.95. The molecule has 0 fully saturated rings. The molecular formula is C14H20FN3O2S. The summed E-state index contributed by atoms with van der Waals surface area (Å²) in [7, 11) is 3.30. The highest BCUT2D eigenvalue weighted by Gasteiger charge is 2.13. The molecule has 0 aromatic heterocycles. The van der Waals surface area contributed by atoms with Gasteiger partial charge in [0.2, 0.25) is 5.91 Å². The fourth-order valence-corrected chi connectivity index (χ4v) is 1.99. The summed E-state index contributed by atoms with van der Waals surface area (Å²) in [6, 6.07) is 4.88. The third-order valence-electron chi connectivity index (χ3n) is 2.83. The van der Waals surface area contributed by atoms with Gasteiger partial charge in [0.05, 0.1) is 13.2 Å². The average Bonchev–Trinajstić information content (AvgIpc) is 2.41. The average molecular weight is 313 g/mol. The van der Waals surface area contributed by atoms with Crippen LogP contribution in [0.2, 0.25) is 0 Å². The van der Waals surface area contributed by atoms with E-state index in [0.717, 1.165) is 0 Å². The maximum absolute atomic E-state index is 14.2. The van der Waals surface area contributed by atoms with Gasteiger partial charge in [0.15, 0.2) is 0 Å². The molecule has 0 aliphatic carbocycles. The first kappa shape index (κ1) is 17.5. The molecular weight excluding hydrogens is 293 g/mol. The summed E-state index contributed by atoms with van der Waals surface area (Å²) < 4.78 is 19.0. The van der Waals surface area contributed by atoms with Crippen molar-refractivity contribution in [1.82, 2.24) is 10.2 Å². The van der Waals surface area contributed by atoms with E-state index in [1.807, 2.05) is 0 Å². The number of amides is 1. The summed E-state index contributed by atoms with van der Waals surface area (Å²) in [5, 5.41) is 2.70. The van der Waals surface area contributed by atoms with Gasteiger partial charge in [0.1, 0.15) is 10.8 Å². The van der Waals surface area contributed by atoms with Gasteiger partial charge < -0.3 is 15.8 Å². The molecule has 0 heterocycles. The Bertz CT molecular complexity index is 511. The lowest BCUT2D eigenvalue weighted by atomic mass is 10.1. The molecule has 0 atom stereocenters. The Kier molecular flexibility index (Phi) is 7.21. The number of nitrogens with two attached hydrogens (primary N) is 1. The Labute approximate surface area is 129 Å². The van der Waals surface area contributed by atoms with Gasteiger partial charge in [-0.15, -0.1) is 0 Å². The fourth-order valence-electron chi connectivity index (χ4n) is 1.83. The summed E-state index contributed by atoms with van der Waals surface area (Å²) >= 11 is 4.80. The Hall–Kier alpha value is -1.57. The second kappa shape index (κ2) is 8.66. The van der Waals surface area contributed by atoms with Gasteiger partial charge in [-0.3, -0.25) is 9.69 Å². The van der Waals surface area contributed by atoms with Crippen LogP contribution in [-0.4, -0.2) is 49.6 Å². The Morgan fingerprint density at radius 2 is 2.24 bits per heavy atom. The third kappa shape index (κ3) is 5.74. The highest BCUT2D eigenvalue weighted by molar-refractivity contribution is 7.80. The van der Waals surface area contributed by atoms with Gasteiger partial charge in [-0.25, -0.2) is 4.39 Å². The van der Waals surface area contributed by atoms with Crippen molar-refractivity contribution in [2.75, 3.05) is 33.9 Å². The maximum atomic E-state index is 14.2. The fraction of sp³-hybridized carbons (Fsp3) is 0.429. The maximum Gasteiger partial charge on any atom is 0.234 e. The zero-order valence-electron chi connectivity index (χ0n) is 12.2. The summed E-state index contributed by atoms with van der Waals surface area (Å²) in [4.78, 5) is 13.4. The van der Waals surface area contributed by atoms with Gasteiger partial charge in [-0.05, 0) is 13.1 Å². The molecule has 0 spiro atoms. The molecule has 5 nitrogen and oxygen atoms in total. The minimum atomic E-state index is -0.434.